The van der Waals surface area contributed by atoms with Gasteiger partial charge >= 0.3 is 0 Å². The van der Waals surface area contributed by atoms with E-state index >= 15 is 0 Å². The lowest BCUT2D eigenvalue weighted by atomic mass is 9.95. The summed E-state index contributed by atoms with van der Waals surface area (Å²) < 4.78 is 25.5. The highest BCUT2D eigenvalue weighted by molar-refractivity contribution is 7.11. The highest BCUT2D eigenvalue weighted by Gasteiger charge is 2.22. The van der Waals surface area contributed by atoms with Crippen LogP contribution >= 0.6 is 11.3 Å². The number of aromatic nitrogens is 2. The maximum Gasteiger partial charge on any atom is 0.260 e. The molecule has 0 atom stereocenters. The first kappa shape index (κ1) is 33.0. The van der Waals surface area contributed by atoms with Gasteiger partial charge in [-0.1, -0.05) is 37.5 Å². The van der Waals surface area contributed by atoms with Gasteiger partial charge in [0.1, 0.15) is 27.8 Å². The summed E-state index contributed by atoms with van der Waals surface area (Å²) in [5.74, 6) is -0.610. The molecule has 6 rings (SSSR count). The fraction of sp³-hybridized carbons (Fsp3) is 0.353. The van der Waals surface area contributed by atoms with E-state index in [1.165, 1.54) is 23.8 Å². The second kappa shape index (κ2) is 15.7. The molecular formula is C34H38FN5O5S. The second-order valence-electron chi connectivity index (χ2n) is 11.3. The Kier molecular flexibility index (Phi) is 11.3. The van der Waals surface area contributed by atoms with E-state index in [-0.39, 0.29) is 29.1 Å². The van der Waals surface area contributed by atoms with E-state index in [1.807, 2.05) is 24.3 Å². The van der Waals surface area contributed by atoms with Crippen molar-refractivity contribution in [2.24, 2.45) is 5.73 Å². The van der Waals surface area contributed by atoms with Gasteiger partial charge in [0.25, 0.3) is 11.8 Å². The van der Waals surface area contributed by atoms with Gasteiger partial charge in [0, 0.05) is 25.7 Å². The van der Waals surface area contributed by atoms with Crippen molar-refractivity contribution in [2.45, 2.75) is 51.6 Å². The van der Waals surface area contributed by atoms with Gasteiger partial charge in [-0.05, 0) is 66.8 Å². The summed E-state index contributed by atoms with van der Waals surface area (Å²) in [6, 6.07) is 14.1. The molecule has 1 saturated heterocycles. The first-order valence-electron chi connectivity index (χ1n) is 15.3. The molecule has 0 unspecified atom stereocenters. The average Bonchev–Trinajstić information content (AvgIpc) is 3.49. The molecule has 3 heterocycles. The third-order valence-corrected chi connectivity index (χ3v) is 8.86. The van der Waals surface area contributed by atoms with Crippen molar-refractivity contribution >= 4 is 23.2 Å². The SMILES string of the molecule is Cc1ncsc1C(N)=O.O=C(NC1CCCCC1)c1cc(F)cnc1Oc1cccc(-c2ccc(O)cc2CN2CCOCC2)c1. The molecule has 2 aromatic heterocycles. The quantitative estimate of drug-likeness (QED) is 0.217. The molecule has 2 aliphatic rings. The first-order chi connectivity index (χ1) is 22.3. The monoisotopic (exact) mass is 647 g/mol. The number of phenols is 1. The largest absolute Gasteiger partial charge is 0.508 e. The molecule has 46 heavy (non-hydrogen) atoms. The van der Waals surface area contributed by atoms with E-state index in [9.17, 15) is 19.1 Å². The van der Waals surface area contributed by atoms with E-state index in [1.54, 1.807) is 30.6 Å². The van der Waals surface area contributed by atoms with Crippen LogP contribution in [0.3, 0.4) is 0 Å². The molecule has 1 saturated carbocycles. The summed E-state index contributed by atoms with van der Waals surface area (Å²) in [5, 5.41) is 13.2. The molecule has 4 N–H and O–H groups in total. The van der Waals surface area contributed by atoms with Crippen LogP contribution in [-0.2, 0) is 11.3 Å². The number of halogens is 1. The smallest absolute Gasteiger partial charge is 0.260 e. The number of pyridine rings is 1. The van der Waals surface area contributed by atoms with Gasteiger partial charge in [0.2, 0.25) is 5.88 Å². The topological polar surface area (TPSA) is 140 Å². The maximum absolute atomic E-state index is 14.0. The molecule has 1 aliphatic carbocycles. The van der Waals surface area contributed by atoms with E-state index in [2.05, 4.69) is 20.2 Å². The van der Waals surface area contributed by atoms with Crippen LogP contribution in [0.5, 0.6) is 17.4 Å². The summed E-state index contributed by atoms with van der Waals surface area (Å²) in [5.41, 5.74) is 10.3. The summed E-state index contributed by atoms with van der Waals surface area (Å²) in [7, 11) is 0. The number of nitrogens with zero attached hydrogens (tertiary/aromatic N) is 3. The molecule has 4 aromatic rings. The number of thiazole rings is 1. The number of morpholine rings is 1. The van der Waals surface area contributed by atoms with E-state index in [0.717, 1.165) is 61.7 Å². The molecule has 0 bridgehead atoms. The molecule has 2 aromatic carbocycles. The third kappa shape index (κ3) is 8.87. The Morgan fingerprint density at radius 1 is 1.11 bits per heavy atom. The normalized spacial score (nSPS) is 15.4. The number of carbonyl (C=O) groups is 2. The molecule has 1 aliphatic heterocycles. The number of hydrogen-bond acceptors (Lipinski definition) is 9. The lowest BCUT2D eigenvalue weighted by Crippen LogP contribution is -2.36. The van der Waals surface area contributed by atoms with Crippen molar-refractivity contribution in [3.05, 3.63) is 87.8 Å². The molecule has 10 nitrogen and oxygen atoms in total. The predicted molar refractivity (Wildman–Crippen MR) is 174 cm³/mol. The minimum absolute atomic E-state index is 0.0612. The number of nitrogens with two attached hydrogens (primary N) is 1. The summed E-state index contributed by atoms with van der Waals surface area (Å²) in [6.45, 7) is 5.50. The summed E-state index contributed by atoms with van der Waals surface area (Å²) >= 11 is 1.27. The number of hydrogen-bond donors (Lipinski definition) is 3. The number of aromatic hydroxyl groups is 1. The number of benzene rings is 2. The van der Waals surface area contributed by atoms with E-state index in [0.29, 0.717) is 36.1 Å². The molecule has 242 valence electrons. The van der Waals surface area contributed by atoms with Crippen molar-refractivity contribution in [2.75, 3.05) is 26.3 Å². The number of primary amides is 1. The van der Waals surface area contributed by atoms with Gasteiger partial charge in [0.05, 0.1) is 30.6 Å². The zero-order valence-corrected chi connectivity index (χ0v) is 26.5. The summed E-state index contributed by atoms with van der Waals surface area (Å²) in [4.78, 5) is 34.3. The van der Waals surface area contributed by atoms with Crippen molar-refractivity contribution in [3.63, 3.8) is 0 Å². The number of phenolic OH excluding ortho intramolecular Hbond substituents is 1. The van der Waals surface area contributed by atoms with Crippen LogP contribution in [0.25, 0.3) is 11.1 Å². The van der Waals surface area contributed by atoms with E-state index < -0.39 is 11.7 Å². The standard InChI is InChI=1S/C29H32FN3O4.C5H6N2OS/c30-22-17-27(28(35)32-23-6-2-1-3-7-23)29(31-18-22)37-25-8-4-5-20(16-25)26-10-9-24(34)15-21(26)19-33-11-13-36-14-12-33;1-3-4(5(6)8)9-2-7-3/h4-5,8-10,15-18,23,34H,1-3,6-7,11-14,19H2,(H,32,35);2H,1H3,(H2,6,8). The lowest BCUT2D eigenvalue weighted by molar-refractivity contribution is 0.0342. The first-order valence-corrected chi connectivity index (χ1v) is 16.2. The highest BCUT2D eigenvalue weighted by atomic mass is 32.1. The van der Waals surface area contributed by atoms with Gasteiger partial charge in [-0.3, -0.25) is 14.5 Å². The van der Waals surface area contributed by atoms with Gasteiger partial charge in [-0.15, -0.1) is 11.3 Å². The van der Waals surface area contributed by atoms with Crippen LogP contribution < -0.4 is 15.8 Å². The number of rotatable bonds is 8. The zero-order chi connectivity index (χ0) is 32.5. The van der Waals surface area contributed by atoms with Crippen LogP contribution in [-0.4, -0.2) is 64.1 Å². The number of ether oxygens (including phenoxy) is 2. The molecule has 12 heteroatoms. The second-order valence-corrected chi connectivity index (χ2v) is 12.2. The fourth-order valence-electron chi connectivity index (χ4n) is 5.55. The predicted octanol–water partition coefficient (Wildman–Crippen LogP) is 5.83. The van der Waals surface area contributed by atoms with Gasteiger partial charge < -0.3 is 25.6 Å². The van der Waals surface area contributed by atoms with Crippen LogP contribution in [0.2, 0.25) is 0 Å². The molecule has 0 spiro atoms. The Bertz CT molecular complexity index is 1650. The van der Waals surface area contributed by atoms with Crippen LogP contribution in [0, 0.1) is 12.7 Å². The number of nitrogens with one attached hydrogen (secondary N) is 1. The molecular weight excluding hydrogens is 609 g/mol. The van der Waals surface area contributed by atoms with Gasteiger partial charge in [0.15, 0.2) is 0 Å². The third-order valence-electron chi connectivity index (χ3n) is 7.92. The Hall–Kier alpha value is -4.39. The molecule has 2 fully saturated rings. The van der Waals surface area contributed by atoms with Crippen LogP contribution in [0.1, 0.15) is 63.4 Å². The maximum atomic E-state index is 14.0. The van der Waals surface area contributed by atoms with Crippen LogP contribution in [0.4, 0.5) is 4.39 Å². The van der Waals surface area contributed by atoms with Gasteiger partial charge in [-0.25, -0.2) is 14.4 Å². The Balaban J connectivity index is 0.000000400. The number of carbonyl (C=O) groups excluding carboxylic acids is 2. The average molecular weight is 648 g/mol. The number of aryl methyl sites for hydroxylation is 1. The highest BCUT2D eigenvalue weighted by Crippen LogP contribution is 2.33. The van der Waals surface area contributed by atoms with Crippen LogP contribution in [0.15, 0.2) is 60.2 Å². The van der Waals surface area contributed by atoms with Crippen molar-refractivity contribution < 1.29 is 28.6 Å². The van der Waals surface area contributed by atoms with Crippen molar-refractivity contribution in [1.29, 1.82) is 0 Å². The Morgan fingerprint density at radius 3 is 2.59 bits per heavy atom. The Morgan fingerprint density at radius 2 is 1.89 bits per heavy atom. The minimum Gasteiger partial charge on any atom is -0.508 e. The molecule has 0 radical (unpaired) electrons. The number of amides is 2. The Labute approximate surface area is 271 Å². The van der Waals surface area contributed by atoms with E-state index in [4.69, 9.17) is 15.2 Å². The fourth-order valence-corrected chi connectivity index (χ4v) is 6.21. The summed E-state index contributed by atoms with van der Waals surface area (Å²) in [6.07, 6.45) is 6.23. The van der Waals surface area contributed by atoms with Crippen molar-refractivity contribution in [1.82, 2.24) is 20.2 Å². The zero-order valence-electron chi connectivity index (χ0n) is 25.7. The minimum atomic E-state index is -0.591. The lowest BCUT2D eigenvalue weighted by Gasteiger charge is -2.27. The van der Waals surface area contributed by atoms with Gasteiger partial charge in [-0.2, -0.15) is 0 Å². The molecule has 2 amide bonds. The van der Waals surface area contributed by atoms with Crippen molar-refractivity contribution in [3.8, 4) is 28.5 Å².